The molecule has 0 aliphatic heterocycles. The number of hydrogen-bond acceptors (Lipinski definition) is 2. The molecule has 0 amide bonds. The Balaban J connectivity index is 2.10. The van der Waals surface area contributed by atoms with Crippen LogP contribution in [0.5, 0.6) is 0 Å². The molecule has 2 nitrogen and oxygen atoms in total. The molecule has 0 spiro atoms. The number of pyridine rings is 1. The fraction of sp³-hybridized carbons (Fsp3) is 0.312. The highest BCUT2D eigenvalue weighted by Gasteiger charge is 2.18. The van der Waals surface area contributed by atoms with E-state index < -0.39 is 17.7 Å². The Hall–Kier alpha value is -1.81. The Morgan fingerprint density at radius 2 is 1.80 bits per heavy atom. The first-order valence-corrected chi connectivity index (χ1v) is 6.51. The molecule has 0 fully saturated rings. The minimum Gasteiger partial charge on any atom is -0.387 e. The first-order valence-electron chi connectivity index (χ1n) is 6.51. The van der Waals surface area contributed by atoms with Crippen LogP contribution in [0.3, 0.4) is 0 Å². The van der Waals surface area contributed by atoms with E-state index in [4.69, 9.17) is 0 Å². The van der Waals surface area contributed by atoms with Gasteiger partial charge in [0, 0.05) is 12.3 Å². The highest BCUT2D eigenvalue weighted by atomic mass is 19.1. The van der Waals surface area contributed by atoms with E-state index in [-0.39, 0.29) is 5.92 Å². The summed E-state index contributed by atoms with van der Waals surface area (Å²) in [5, 5.41) is 10.2. The molecule has 4 heteroatoms. The van der Waals surface area contributed by atoms with Crippen LogP contribution >= 0.6 is 0 Å². The van der Waals surface area contributed by atoms with Crippen molar-refractivity contribution in [1.29, 1.82) is 0 Å². The summed E-state index contributed by atoms with van der Waals surface area (Å²) in [4.78, 5) is 4.18. The molecule has 0 aliphatic rings. The average molecular weight is 277 g/mol. The van der Waals surface area contributed by atoms with Crippen molar-refractivity contribution in [2.45, 2.75) is 26.4 Å². The van der Waals surface area contributed by atoms with E-state index in [9.17, 15) is 13.9 Å². The third-order valence-electron chi connectivity index (χ3n) is 3.26. The number of aromatic nitrogens is 1. The van der Waals surface area contributed by atoms with Gasteiger partial charge in [-0.1, -0.05) is 13.0 Å². The molecule has 106 valence electrons. The third kappa shape index (κ3) is 3.61. The largest absolute Gasteiger partial charge is 0.387 e. The molecule has 2 rings (SSSR count). The fourth-order valence-electron chi connectivity index (χ4n) is 2.16. The zero-order chi connectivity index (χ0) is 14.7. The minimum atomic E-state index is -0.762. The predicted molar refractivity (Wildman–Crippen MR) is 73.2 cm³/mol. The van der Waals surface area contributed by atoms with Crippen molar-refractivity contribution in [2.24, 2.45) is 5.92 Å². The highest BCUT2D eigenvalue weighted by Crippen LogP contribution is 2.24. The number of rotatable bonds is 4. The monoisotopic (exact) mass is 277 g/mol. The summed E-state index contributed by atoms with van der Waals surface area (Å²) in [6, 6.07) is 7.05. The Morgan fingerprint density at radius 1 is 1.15 bits per heavy atom. The van der Waals surface area contributed by atoms with Gasteiger partial charge in [0.05, 0.1) is 11.8 Å². The molecule has 0 saturated heterocycles. The second kappa shape index (κ2) is 6.09. The number of hydrogen-bond donors (Lipinski definition) is 1. The van der Waals surface area contributed by atoms with Crippen LogP contribution in [0.4, 0.5) is 8.78 Å². The highest BCUT2D eigenvalue weighted by molar-refractivity contribution is 5.20. The summed E-state index contributed by atoms with van der Waals surface area (Å²) in [7, 11) is 0. The van der Waals surface area contributed by atoms with Crippen LogP contribution < -0.4 is 0 Å². The first-order chi connectivity index (χ1) is 9.45. The van der Waals surface area contributed by atoms with Gasteiger partial charge in [-0.15, -0.1) is 0 Å². The maximum absolute atomic E-state index is 13.1. The van der Waals surface area contributed by atoms with Gasteiger partial charge in [-0.25, -0.2) is 8.78 Å². The number of aliphatic hydroxyl groups excluding tert-OH is 1. The van der Waals surface area contributed by atoms with Crippen molar-refractivity contribution in [2.75, 3.05) is 0 Å². The van der Waals surface area contributed by atoms with Gasteiger partial charge in [-0.3, -0.25) is 4.98 Å². The van der Waals surface area contributed by atoms with Crippen molar-refractivity contribution in [3.63, 3.8) is 0 Å². The van der Waals surface area contributed by atoms with E-state index in [1.807, 2.05) is 19.9 Å². The van der Waals surface area contributed by atoms with Crippen molar-refractivity contribution in [1.82, 2.24) is 4.98 Å². The van der Waals surface area contributed by atoms with Crippen molar-refractivity contribution in [3.8, 4) is 0 Å². The van der Waals surface area contributed by atoms with Gasteiger partial charge >= 0.3 is 0 Å². The summed E-state index contributed by atoms with van der Waals surface area (Å²) in [6.45, 7) is 3.75. The van der Waals surface area contributed by atoms with E-state index in [0.717, 1.165) is 11.6 Å². The molecule has 20 heavy (non-hydrogen) atoms. The number of halogens is 2. The Labute approximate surface area is 117 Å². The molecule has 2 aromatic rings. The maximum atomic E-state index is 13.1. The Morgan fingerprint density at radius 3 is 2.35 bits per heavy atom. The van der Waals surface area contributed by atoms with Gasteiger partial charge in [-0.05, 0) is 48.6 Å². The van der Waals surface area contributed by atoms with E-state index in [0.29, 0.717) is 17.7 Å². The SMILES string of the molecule is Cc1ccc(C(O)[C@@H](C)Cc2cc(F)cc(F)c2)nc1. The summed E-state index contributed by atoms with van der Waals surface area (Å²) < 4.78 is 26.3. The fourth-order valence-corrected chi connectivity index (χ4v) is 2.16. The van der Waals surface area contributed by atoms with Crippen molar-refractivity contribution in [3.05, 3.63) is 65.0 Å². The van der Waals surface area contributed by atoms with Gasteiger partial charge in [0.25, 0.3) is 0 Å². The summed E-state index contributed by atoms with van der Waals surface area (Å²) >= 11 is 0. The van der Waals surface area contributed by atoms with Crippen LogP contribution in [0, 0.1) is 24.5 Å². The molecule has 1 heterocycles. The zero-order valence-corrected chi connectivity index (χ0v) is 11.5. The lowest BCUT2D eigenvalue weighted by atomic mass is 9.93. The van der Waals surface area contributed by atoms with Crippen LogP contribution in [-0.4, -0.2) is 10.1 Å². The van der Waals surface area contributed by atoms with E-state index >= 15 is 0 Å². The molecule has 1 unspecified atom stereocenters. The van der Waals surface area contributed by atoms with Gasteiger partial charge < -0.3 is 5.11 Å². The van der Waals surface area contributed by atoms with E-state index in [1.165, 1.54) is 12.1 Å². The lowest BCUT2D eigenvalue weighted by Crippen LogP contribution is -2.13. The topological polar surface area (TPSA) is 33.1 Å². The first kappa shape index (κ1) is 14.6. The molecular weight excluding hydrogens is 260 g/mol. The van der Waals surface area contributed by atoms with Crippen molar-refractivity contribution >= 4 is 0 Å². The minimum absolute atomic E-state index is 0.189. The number of benzene rings is 1. The molecule has 0 bridgehead atoms. The molecule has 1 aromatic carbocycles. The van der Waals surface area contributed by atoms with Gasteiger partial charge in [0.15, 0.2) is 0 Å². The second-order valence-electron chi connectivity index (χ2n) is 5.16. The Bertz CT molecular complexity index is 563. The molecule has 1 aromatic heterocycles. The Kier molecular flexibility index (Phi) is 4.45. The average Bonchev–Trinajstić information content (AvgIpc) is 2.37. The number of aliphatic hydroxyl groups is 1. The smallest absolute Gasteiger partial charge is 0.126 e. The molecule has 0 aliphatic carbocycles. The zero-order valence-electron chi connectivity index (χ0n) is 11.5. The van der Waals surface area contributed by atoms with E-state index in [1.54, 1.807) is 12.3 Å². The second-order valence-corrected chi connectivity index (χ2v) is 5.16. The normalized spacial score (nSPS) is 14.1. The molecular formula is C16H17F2NO. The quantitative estimate of drug-likeness (QED) is 0.926. The molecule has 0 saturated carbocycles. The lowest BCUT2D eigenvalue weighted by molar-refractivity contribution is 0.113. The lowest BCUT2D eigenvalue weighted by Gasteiger charge is -2.18. The molecule has 2 atom stereocenters. The van der Waals surface area contributed by atoms with Gasteiger partial charge in [0.1, 0.15) is 11.6 Å². The van der Waals surface area contributed by atoms with Gasteiger partial charge in [-0.2, -0.15) is 0 Å². The van der Waals surface area contributed by atoms with Crippen LogP contribution in [-0.2, 0) is 6.42 Å². The summed E-state index contributed by atoms with van der Waals surface area (Å²) in [5.41, 5.74) is 2.11. The van der Waals surface area contributed by atoms with E-state index in [2.05, 4.69) is 4.98 Å². The number of aryl methyl sites for hydroxylation is 1. The predicted octanol–water partition coefficient (Wildman–Crippen LogP) is 3.58. The van der Waals surface area contributed by atoms with Crippen molar-refractivity contribution < 1.29 is 13.9 Å². The summed E-state index contributed by atoms with van der Waals surface area (Å²) in [5.74, 6) is -1.39. The van der Waals surface area contributed by atoms with Crippen LogP contribution in [0.25, 0.3) is 0 Å². The van der Waals surface area contributed by atoms with Gasteiger partial charge in [0.2, 0.25) is 0 Å². The standard InChI is InChI=1S/C16H17F2NO/c1-10-3-4-15(19-9-10)16(20)11(2)5-12-6-13(17)8-14(18)7-12/h3-4,6-9,11,16,20H,5H2,1-2H3/t11-,16?/m0/s1. The van der Waals surface area contributed by atoms with Crippen LogP contribution in [0.1, 0.15) is 29.8 Å². The number of nitrogens with zero attached hydrogens (tertiary/aromatic N) is 1. The molecule has 0 radical (unpaired) electrons. The third-order valence-corrected chi connectivity index (χ3v) is 3.26. The molecule has 1 N–H and O–H groups in total. The summed E-state index contributed by atoms with van der Waals surface area (Å²) in [6.07, 6.45) is 1.31. The maximum Gasteiger partial charge on any atom is 0.126 e. The van der Waals surface area contributed by atoms with Crippen LogP contribution in [0.2, 0.25) is 0 Å². The van der Waals surface area contributed by atoms with Crippen LogP contribution in [0.15, 0.2) is 36.5 Å².